The number of hydrogen-bond acceptors (Lipinski definition) is 2. The molecule has 20 heavy (non-hydrogen) atoms. The smallest absolute Gasteiger partial charge is 0.104 e. The maximum absolute atomic E-state index is 8.78. The van der Waals surface area contributed by atoms with E-state index in [4.69, 9.17) is 9.84 Å². The maximum atomic E-state index is 8.78. The average Bonchev–Trinajstić information content (AvgIpc) is 2.49. The SMILES string of the molecule is CCCCC(CC)COCc1ccccc1C#CCO. The van der Waals surface area contributed by atoms with Crippen molar-refractivity contribution in [3.63, 3.8) is 0 Å². The molecule has 0 aliphatic carbocycles. The summed E-state index contributed by atoms with van der Waals surface area (Å²) in [7, 11) is 0. The molecular weight excluding hydrogens is 248 g/mol. The van der Waals surface area contributed by atoms with Crippen molar-refractivity contribution >= 4 is 0 Å². The Morgan fingerprint density at radius 1 is 1.25 bits per heavy atom. The van der Waals surface area contributed by atoms with Gasteiger partial charge < -0.3 is 9.84 Å². The van der Waals surface area contributed by atoms with Crippen molar-refractivity contribution in [2.24, 2.45) is 5.92 Å². The average molecular weight is 274 g/mol. The zero-order valence-electron chi connectivity index (χ0n) is 12.7. The Bertz CT molecular complexity index is 429. The van der Waals surface area contributed by atoms with Gasteiger partial charge in [0.15, 0.2) is 0 Å². The molecular formula is C18H26O2. The van der Waals surface area contributed by atoms with E-state index in [1.807, 2.05) is 24.3 Å². The highest BCUT2D eigenvalue weighted by Crippen LogP contribution is 2.15. The van der Waals surface area contributed by atoms with Crippen molar-refractivity contribution in [1.82, 2.24) is 0 Å². The molecule has 2 nitrogen and oxygen atoms in total. The standard InChI is InChI=1S/C18H26O2/c1-3-5-9-16(4-2)14-20-15-18-11-7-6-10-17(18)12-8-13-19/h6-7,10-11,16,19H,3-5,9,13-15H2,1-2H3. The summed E-state index contributed by atoms with van der Waals surface area (Å²) in [6.45, 7) is 5.76. The molecule has 1 unspecified atom stereocenters. The van der Waals surface area contributed by atoms with Crippen molar-refractivity contribution in [3.05, 3.63) is 35.4 Å². The molecule has 1 N–H and O–H groups in total. The summed E-state index contributed by atoms with van der Waals surface area (Å²) in [6, 6.07) is 7.96. The molecule has 0 spiro atoms. The van der Waals surface area contributed by atoms with Crippen LogP contribution in [0.4, 0.5) is 0 Å². The lowest BCUT2D eigenvalue weighted by atomic mass is 10.0. The van der Waals surface area contributed by atoms with Crippen LogP contribution in [0.5, 0.6) is 0 Å². The van der Waals surface area contributed by atoms with Crippen molar-refractivity contribution < 1.29 is 9.84 Å². The normalized spacial score (nSPS) is 11.8. The van der Waals surface area contributed by atoms with E-state index in [0.29, 0.717) is 12.5 Å². The second-order valence-corrected chi connectivity index (χ2v) is 5.05. The maximum Gasteiger partial charge on any atom is 0.104 e. The second kappa shape index (κ2) is 10.5. The highest BCUT2D eigenvalue weighted by atomic mass is 16.5. The first-order valence-corrected chi connectivity index (χ1v) is 7.57. The van der Waals surface area contributed by atoms with E-state index in [9.17, 15) is 0 Å². The van der Waals surface area contributed by atoms with Gasteiger partial charge in [-0.05, 0) is 24.0 Å². The van der Waals surface area contributed by atoms with Crippen molar-refractivity contribution in [2.75, 3.05) is 13.2 Å². The molecule has 1 aromatic rings. The summed E-state index contributed by atoms with van der Waals surface area (Å²) >= 11 is 0. The van der Waals surface area contributed by atoms with Gasteiger partial charge in [-0.25, -0.2) is 0 Å². The van der Waals surface area contributed by atoms with Crippen LogP contribution in [0, 0.1) is 17.8 Å². The molecule has 0 radical (unpaired) electrons. The van der Waals surface area contributed by atoms with E-state index < -0.39 is 0 Å². The van der Waals surface area contributed by atoms with E-state index in [2.05, 4.69) is 25.7 Å². The minimum Gasteiger partial charge on any atom is -0.384 e. The highest BCUT2D eigenvalue weighted by molar-refractivity contribution is 5.40. The fourth-order valence-electron chi connectivity index (χ4n) is 2.14. The summed E-state index contributed by atoms with van der Waals surface area (Å²) in [5.74, 6) is 6.32. The van der Waals surface area contributed by atoms with Gasteiger partial charge in [-0.1, -0.05) is 63.1 Å². The van der Waals surface area contributed by atoms with Crippen LogP contribution in [0.1, 0.15) is 50.7 Å². The van der Waals surface area contributed by atoms with E-state index in [1.165, 1.54) is 25.7 Å². The predicted octanol–water partition coefficient (Wildman–Crippen LogP) is 3.76. The van der Waals surface area contributed by atoms with Crippen molar-refractivity contribution in [2.45, 2.75) is 46.1 Å². The molecule has 0 saturated carbocycles. The first-order valence-electron chi connectivity index (χ1n) is 7.57. The number of hydrogen-bond donors (Lipinski definition) is 1. The minimum absolute atomic E-state index is 0.107. The summed E-state index contributed by atoms with van der Waals surface area (Å²) < 4.78 is 5.86. The van der Waals surface area contributed by atoms with Crippen LogP contribution in [0.2, 0.25) is 0 Å². The fraction of sp³-hybridized carbons (Fsp3) is 0.556. The summed E-state index contributed by atoms with van der Waals surface area (Å²) in [6.07, 6.45) is 4.95. The van der Waals surface area contributed by atoms with Gasteiger partial charge in [0.1, 0.15) is 6.61 Å². The van der Waals surface area contributed by atoms with Gasteiger partial charge in [0.2, 0.25) is 0 Å². The van der Waals surface area contributed by atoms with Gasteiger partial charge in [-0.15, -0.1) is 0 Å². The van der Waals surface area contributed by atoms with Crippen molar-refractivity contribution in [1.29, 1.82) is 0 Å². The molecule has 0 aliphatic heterocycles. The van der Waals surface area contributed by atoms with Gasteiger partial charge in [0.05, 0.1) is 6.61 Å². The number of unbranched alkanes of at least 4 members (excludes halogenated alkanes) is 1. The number of benzene rings is 1. The van der Waals surface area contributed by atoms with Crippen molar-refractivity contribution in [3.8, 4) is 11.8 Å². The van der Waals surface area contributed by atoms with Crippen LogP contribution in [0.15, 0.2) is 24.3 Å². The lowest BCUT2D eigenvalue weighted by Gasteiger charge is -2.15. The molecule has 110 valence electrons. The first-order chi connectivity index (χ1) is 9.81. The predicted molar refractivity (Wildman–Crippen MR) is 83.4 cm³/mol. The van der Waals surface area contributed by atoms with Gasteiger partial charge in [0, 0.05) is 12.2 Å². The summed E-state index contributed by atoms with van der Waals surface area (Å²) in [5, 5.41) is 8.78. The third kappa shape index (κ3) is 6.23. The molecule has 0 fully saturated rings. The molecule has 0 bridgehead atoms. The third-order valence-electron chi connectivity index (χ3n) is 3.47. The molecule has 0 saturated heterocycles. The van der Waals surface area contributed by atoms with Gasteiger partial charge >= 0.3 is 0 Å². The molecule has 0 aromatic heterocycles. The van der Waals surface area contributed by atoms with E-state index in [1.54, 1.807) is 0 Å². The minimum atomic E-state index is -0.107. The van der Waals surface area contributed by atoms with Crippen LogP contribution in [-0.2, 0) is 11.3 Å². The molecule has 1 aromatic carbocycles. The molecule has 1 rings (SSSR count). The Morgan fingerprint density at radius 2 is 2.05 bits per heavy atom. The van der Waals surface area contributed by atoms with Crippen LogP contribution in [0.25, 0.3) is 0 Å². The zero-order valence-corrected chi connectivity index (χ0v) is 12.7. The van der Waals surface area contributed by atoms with Gasteiger partial charge in [0.25, 0.3) is 0 Å². The van der Waals surface area contributed by atoms with Crippen LogP contribution >= 0.6 is 0 Å². The molecule has 2 heteroatoms. The number of aliphatic hydroxyl groups excluding tert-OH is 1. The molecule has 0 amide bonds. The Hall–Kier alpha value is -1.30. The molecule has 0 heterocycles. The Labute approximate surface area is 123 Å². The molecule has 1 atom stereocenters. The quantitative estimate of drug-likeness (QED) is 0.731. The lowest BCUT2D eigenvalue weighted by Crippen LogP contribution is -2.09. The monoisotopic (exact) mass is 274 g/mol. The first kappa shape index (κ1) is 16.8. The highest BCUT2D eigenvalue weighted by Gasteiger charge is 2.06. The number of rotatable bonds is 8. The Kier molecular flexibility index (Phi) is 8.78. The Morgan fingerprint density at radius 3 is 2.75 bits per heavy atom. The number of aliphatic hydroxyl groups is 1. The van der Waals surface area contributed by atoms with Crippen LogP contribution in [-0.4, -0.2) is 18.3 Å². The van der Waals surface area contributed by atoms with E-state index in [-0.39, 0.29) is 6.61 Å². The lowest BCUT2D eigenvalue weighted by molar-refractivity contribution is 0.0818. The summed E-state index contributed by atoms with van der Waals surface area (Å²) in [5.41, 5.74) is 2.04. The zero-order chi connectivity index (χ0) is 14.6. The van der Waals surface area contributed by atoms with Gasteiger partial charge in [-0.3, -0.25) is 0 Å². The fourth-order valence-corrected chi connectivity index (χ4v) is 2.14. The second-order valence-electron chi connectivity index (χ2n) is 5.05. The van der Waals surface area contributed by atoms with E-state index >= 15 is 0 Å². The van der Waals surface area contributed by atoms with Crippen LogP contribution in [0.3, 0.4) is 0 Å². The van der Waals surface area contributed by atoms with Gasteiger partial charge in [-0.2, -0.15) is 0 Å². The molecule has 0 aliphatic rings. The Balaban J connectivity index is 2.48. The third-order valence-corrected chi connectivity index (χ3v) is 3.47. The van der Waals surface area contributed by atoms with E-state index in [0.717, 1.165) is 17.7 Å². The van der Waals surface area contributed by atoms with Crippen LogP contribution < -0.4 is 0 Å². The summed E-state index contributed by atoms with van der Waals surface area (Å²) in [4.78, 5) is 0. The largest absolute Gasteiger partial charge is 0.384 e. The topological polar surface area (TPSA) is 29.5 Å². The number of ether oxygens (including phenoxy) is 1.